The summed E-state index contributed by atoms with van der Waals surface area (Å²) in [5, 5.41) is 3.00. The van der Waals surface area contributed by atoms with Crippen LogP contribution in [0.3, 0.4) is 0 Å². The van der Waals surface area contributed by atoms with Crippen LogP contribution in [0.25, 0.3) is 0 Å². The van der Waals surface area contributed by atoms with Gasteiger partial charge in [0.15, 0.2) is 0 Å². The molecule has 5 rings (SSSR count). The number of fused-ring (bicyclic) bond motifs is 1. The third kappa shape index (κ3) is 5.34. The summed E-state index contributed by atoms with van der Waals surface area (Å²) in [6.45, 7) is 3.12. The average molecular weight is 549 g/mol. The van der Waals surface area contributed by atoms with E-state index in [2.05, 4.69) is 20.2 Å². The Labute approximate surface area is 218 Å². The van der Waals surface area contributed by atoms with Gasteiger partial charge in [0.2, 0.25) is 16.0 Å². The Balaban J connectivity index is 1.42. The second-order valence-electron chi connectivity index (χ2n) is 9.20. The van der Waals surface area contributed by atoms with Crippen LogP contribution in [-0.2, 0) is 34.0 Å². The highest BCUT2D eigenvalue weighted by Gasteiger charge is 2.38. The number of alkyl halides is 3. The lowest BCUT2D eigenvalue weighted by Crippen LogP contribution is -2.36. The van der Waals surface area contributed by atoms with Crippen LogP contribution in [0.1, 0.15) is 16.7 Å². The molecule has 0 bridgehead atoms. The summed E-state index contributed by atoms with van der Waals surface area (Å²) in [7, 11) is -2.13. The molecular weight excluding hydrogens is 521 g/mol. The van der Waals surface area contributed by atoms with Gasteiger partial charge in [0, 0.05) is 56.4 Å². The van der Waals surface area contributed by atoms with Crippen LogP contribution in [-0.4, -0.2) is 58.0 Å². The zero-order valence-corrected chi connectivity index (χ0v) is 21.7. The number of rotatable bonds is 6. The second kappa shape index (κ2) is 9.95. The first-order valence-electron chi connectivity index (χ1n) is 11.9. The molecule has 202 valence electrons. The number of hydrogen-bond acceptors (Lipinski definition) is 8. The van der Waals surface area contributed by atoms with Crippen molar-refractivity contribution in [3.05, 3.63) is 65.4 Å². The first kappa shape index (κ1) is 26.0. The third-order valence-electron chi connectivity index (χ3n) is 6.67. The van der Waals surface area contributed by atoms with Crippen LogP contribution >= 0.6 is 0 Å². The normalized spacial score (nSPS) is 15.9. The van der Waals surface area contributed by atoms with E-state index in [9.17, 15) is 21.6 Å². The lowest BCUT2D eigenvalue weighted by molar-refractivity contribution is -0.137. The molecule has 1 N–H and O–H groups in total. The molecular formula is C25H27F3N6O3S. The van der Waals surface area contributed by atoms with E-state index in [1.165, 1.54) is 11.9 Å². The van der Waals surface area contributed by atoms with Crippen LogP contribution in [0.2, 0.25) is 0 Å². The number of hydrogen-bond donors (Lipinski definition) is 1. The zero-order valence-electron chi connectivity index (χ0n) is 20.9. The molecule has 2 aliphatic rings. The van der Waals surface area contributed by atoms with Gasteiger partial charge in [0.05, 0.1) is 25.2 Å². The number of aromatic nitrogens is 2. The molecule has 0 aliphatic carbocycles. The number of benzene rings is 2. The molecule has 13 heteroatoms. The smallest absolute Gasteiger partial charge is 0.378 e. The first-order chi connectivity index (χ1) is 18.0. The summed E-state index contributed by atoms with van der Waals surface area (Å²) in [4.78, 5) is 11.9. The van der Waals surface area contributed by atoms with E-state index >= 15 is 0 Å². The summed E-state index contributed by atoms with van der Waals surface area (Å²) in [6, 6.07) is 12.6. The highest BCUT2D eigenvalue weighted by molar-refractivity contribution is 7.92. The topological polar surface area (TPSA) is 90.9 Å². The maximum absolute atomic E-state index is 13.9. The Morgan fingerprint density at radius 2 is 1.74 bits per heavy atom. The quantitative estimate of drug-likeness (QED) is 0.495. The van der Waals surface area contributed by atoms with Gasteiger partial charge in [-0.15, -0.1) is 0 Å². The van der Waals surface area contributed by atoms with Crippen LogP contribution < -0.4 is 19.4 Å². The molecule has 3 heterocycles. The van der Waals surface area contributed by atoms with Crippen LogP contribution in [0.4, 0.5) is 42.0 Å². The van der Waals surface area contributed by atoms with Crippen molar-refractivity contribution in [2.75, 3.05) is 59.0 Å². The summed E-state index contributed by atoms with van der Waals surface area (Å²) in [5.74, 6) is -0.249. The minimum absolute atomic E-state index is 0.0246. The fraction of sp³-hybridized carbons (Fsp3) is 0.360. The highest BCUT2D eigenvalue weighted by Crippen LogP contribution is 2.40. The summed E-state index contributed by atoms with van der Waals surface area (Å²) < 4.78 is 72.6. The van der Waals surface area contributed by atoms with Gasteiger partial charge in [-0.05, 0) is 35.9 Å². The van der Waals surface area contributed by atoms with Crippen molar-refractivity contribution in [1.29, 1.82) is 0 Å². The van der Waals surface area contributed by atoms with E-state index in [0.29, 0.717) is 30.2 Å². The van der Waals surface area contributed by atoms with E-state index in [1.807, 2.05) is 24.3 Å². The number of nitrogens with one attached hydrogen (secondary N) is 1. The van der Waals surface area contributed by atoms with Crippen molar-refractivity contribution in [3.63, 3.8) is 0 Å². The first-order valence-corrected chi connectivity index (χ1v) is 13.8. The van der Waals surface area contributed by atoms with Gasteiger partial charge < -0.3 is 19.9 Å². The predicted molar refractivity (Wildman–Crippen MR) is 139 cm³/mol. The Morgan fingerprint density at radius 1 is 1.03 bits per heavy atom. The number of ether oxygens (including phenoxy) is 1. The molecule has 0 amide bonds. The molecule has 2 aromatic carbocycles. The monoisotopic (exact) mass is 548 g/mol. The van der Waals surface area contributed by atoms with E-state index in [1.54, 1.807) is 18.2 Å². The fourth-order valence-corrected chi connectivity index (χ4v) is 5.14. The molecule has 1 aromatic heterocycles. The van der Waals surface area contributed by atoms with E-state index in [4.69, 9.17) is 4.74 Å². The Bertz CT molecular complexity index is 1430. The molecule has 0 saturated carbocycles. The fourth-order valence-electron chi connectivity index (χ4n) is 4.61. The maximum Gasteiger partial charge on any atom is 0.421 e. The Hall–Kier alpha value is -3.58. The number of anilines is 5. The van der Waals surface area contributed by atoms with Crippen molar-refractivity contribution in [2.24, 2.45) is 0 Å². The van der Waals surface area contributed by atoms with Crippen molar-refractivity contribution in [1.82, 2.24) is 9.97 Å². The SMILES string of the molecule is CN(c1cccc2c1CN(c1nc(Nc3ccc(N4CCOCC4)cc3)ncc1C(F)(F)F)C2)S(C)(=O)=O. The van der Waals surface area contributed by atoms with Gasteiger partial charge >= 0.3 is 6.18 Å². The van der Waals surface area contributed by atoms with Crippen molar-refractivity contribution < 1.29 is 26.3 Å². The molecule has 0 spiro atoms. The Morgan fingerprint density at radius 3 is 2.39 bits per heavy atom. The van der Waals surface area contributed by atoms with Gasteiger partial charge in [-0.1, -0.05) is 12.1 Å². The Kier molecular flexibility index (Phi) is 6.82. The minimum atomic E-state index is -4.67. The van der Waals surface area contributed by atoms with Gasteiger partial charge in [-0.25, -0.2) is 13.4 Å². The molecule has 9 nitrogen and oxygen atoms in total. The predicted octanol–water partition coefficient (Wildman–Crippen LogP) is 3.99. The van der Waals surface area contributed by atoms with Crippen LogP contribution in [0.5, 0.6) is 0 Å². The summed E-state index contributed by atoms with van der Waals surface area (Å²) in [5.41, 5.74) is 2.50. The number of nitrogens with zero attached hydrogens (tertiary/aromatic N) is 5. The third-order valence-corrected chi connectivity index (χ3v) is 7.86. The molecule has 0 radical (unpaired) electrons. The van der Waals surface area contributed by atoms with Crippen molar-refractivity contribution in [2.45, 2.75) is 19.3 Å². The van der Waals surface area contributed by atoms with Gasteiger partial charge in [-0.2, -0.15) is 18.2 Å². The van der Waals surface area contributed by atoms with E-state index in [0.717, 1.165) is 41.1 Å². The average Bonchev–Trinajstić information content (AvgIpc) is 3.33. The van der Waals surface area contributed by atoms with E-state index < -0.39 is 21.8 Å². The number of sulfonamides is 1. The number of morpholine rings is 1. The largest absolute Gasteiger partial charge is 0.421 e. The summed E-state index contributed by atoms with van der Waals surface area (Å²) >= 11 is 0. The number of halogens is 3. The van der Waals surface area contributed by atoms with Gasteiger partial charge in [-0.3, -0.25) is 4.31 Å². The van der Waals surface area contributed by atoms with Crippen LogP contribution in [0, 0.1) is 0 Å². The zero-order chi connectivity index (χ0) is 27.1. The van der Waals surface area contributed by atoms with Crippen molar-refractivity contribution >= 4 is 38.9 Å². The van der Waals surface area contributed by atoms with E-state index in [-0.39, 0.29) is 24.9 Å². The van der Waals surface area contributed by atoms with Crippen LogP contribution in [0.15, 0.2) is 48.7 Å². The lowest BCUT2D eigenvalue weighted by atomic mass is 10.1. The molecule has 0 unspecified atom stereocenters. The second-order valence-corrected chi connectivity index (χ2v) is 11.2. The lowest BCUT2D eigenvalue weighted by Gasteiger charge is -2.28. The molecule has 2 aliphatic heterocycles. The molecule has 0 atom stereocenters. The highest BCUT2D eigenvalue weighted by atomic mass is 32.2. The summed E-state index contributed by atoms with van der Waals surface area (Å²) in [6.07, 6.45) is -2.81. The van der Waals surface area contributed by atoms with Gasteiger partial charge in [0.25, 0.3) is 0 Å². The minimum Gasteiger partial charge on any atom is -0.378 e. The van der Waals surface area contributed by atoms with Gasteiger partial charge in [0.1, 0.15) is 11.4 Å². The molecule has 1 fully saturated rings. The standard InChI is InChI=1S/C25H27F3N6O3S/c1-32(38(2,35)36)22-5-3-4-17-15-34(16-20(17)22)23-21(25(26,27)28)14-29-24(31-23)30-18-6-8-19(9-7-18)33-10-12-37-13-11-33/h3-9,14H,10-13,15-16H2,1-2H3,(H,29,30,31). The molecule has 1 saturated heterocycles. The molecule has 3 aromatic rings. The van der Waals surface area contributed by atoms with Crippen molar-refractivity contribution in [3.8, 4) is 0 Å². The maximum atomic E-state index is 13.9. The molecule has 38 heavy (non-hydrogen) atoms.